The van der Waals surface area contributed by atoms with Crippen molar-refractivity contribution >= 4 is 21.9 Å². The molecule has 0 aliphatic heterocycles. The van der Waals surface area contributed by atoms with Crippen LogP contribution in [0, 0.1) is 0 Å². The number of hydrogen-bond donors (Lipinski definition) is 1. The lowest BCUT2D eigenvalue weighted by molar-refractivity contribution is -0.144. The SMILES string of the molecule is NCCC(=O)OCc1cccc(Br)c1. The van der Waals surface area contributed by atoms with Crippen LogP contribution in [0.15, 0.2) is 28.7 Å². The molecule has 0 fully saturated rings. The first-order chi connectivity index (χ1) is 6.72. The third-order valence-corrected chi connectivity index (χ3v) is 2.13. The summed E-state index contributed by atoms with van der Waals surface area (Å²) in [4.78, 5) is 11.0. The van der Waals surface area contributed by atoms with Crippen LogP contribution in [-0.4, -0.2) is 12.5 Å². The highest BCUT2D eigenvalue weighted by atomic mass is 79.9. The smallest absolute Gasteiger partial charge is 0.307 e. The number of benzene rings is 1. The fourth-order valence-electron chi connectivity index (χ4n) is 0.981. The largest absolute Gasteiger partial charge is 0.461 e. The van der Waals surface area contributed by atoms with E-state index in [-0.39, 0.29) is 12.4 Å². The van der Waals surface area contributed by atoms with Gasteiger partial charge < -0.3 is 10.5 Å². The van der Waals surface area contributed by atoms with Gasteiger partial charge >= 0.3 is 5.97 Å². The van der Waals surface area contributed by atoms with Gasteiger partial charge in [-0.15, -0.1) is 0 Å². The Bertz CT molecular complexity index is 315. The van der Waals surface area contributed by atoms with Gasteiger partial charge in [-0.1, -0.05) is 28.1 Å². The number of esters is 1. The van der Waals surface area contributed by atoms with Crippen molar-refractivity contribution in [2.24, 2.45) is 5.73 Å². The molecule has 3 nitrogen and oxygen atoms in total. The van der Waals surface area contributed by atoms with Crippen molar-refractivity contribution in [3.05, 3.63) is 34.3 Å². The molecule has 76 valence electrons. The van der Waals surface area contributed by atoms with E-state index in [9.17, 15) is 4.79 Å². The molecule has 0 saturated carbocycles. The molecule has 0 unspecified atom stereocenters. The van der Waals surface area contributed by atoms with E-state index >= 15 is 0 Å². The van der Waals surface area contributed by atoms with Gasteiger partial charge in [0, 0.05) is 11.0 Å². The van der Waals surface area contributed by atoms with E-state index in [0.29, 0.717) is 13.2 Å². The van der Waals surface area contributed by atoms with Gasteiger partial charge in [-0.25, -0.2) is 0 Å². The Balaban J connectivity index is 2.41. The number of carbonyl (C=O) groups excluding carboxylic acids is 1. The Hall–Kier alpha value is -0.870. The highest BCUT2D eigenvalue weighted by Crippen LogP contribution is 2.12. The molecular weight excluding hydrogens is 246 g/mol. The average Bonchev–Trinajstić information content (AvgIpc) is 2.15. The first-order valence-electron chi connectivity index (χ1n) is 4.32. The summed E-state index contributed by atoms with van der Waals surface area (Å²) in [6.45, 7) is 0.635. The second-order valence-corrected chi connectivity index (χ2v) is 3.74. The van der Waals surface area contributed by atoms with E-state index in [0.717, 1.165) is 10.0 Å². The number of rotatable bonds is 4. The molecule has 1 aromatic rings. The number of ether oxygens (including phenoxy) is 1. The summed E-state index contributed by atoms with van der Waals surface area (Å²) in [6.07, 6.45) is 0.272. The van der Waals surface area contributed by atoms with Gasteiger partial charge in [-0.2, -0.15) is 0 Å². The molecule has 0 heterocycles. The van der Waals surface area contributed by atoms with E-state index in [1.54, 1.807) is 0 Å². The molecule has 0 aliphatic rings. The fourth-order valence-corrected chi connectivity index (χ4v) is 1.43. The number of nitrogens with two attached hydrogens (primary N) is 1. The summed E-state index contributed by atoms with van der Waals surface area (Å²) in [5.74, 6) is -0.257. The van der Waals surface area contributed by atoms with Crippen molar-refractivity contribution in [1.82, 2.24) is 0 Å². The summed E-state index contributed by atoms with van der Waals surface area (Å²) >= 11 is 3.34. The van der Waals surface area contributed by atoms with Gasteiger partial charge in [0.05, 0.1) is 6.42 Å². The van der Waals surface area contributed by atoms with Crippen molar-refractivity contribution in [3.8, 4) is 0 Å². The predicted octanol–water partition coefficient (Wildman–Crippen LogP) is 1.84. The van der Waals surface area contributed by atoms with Gasteiger partial charge in [-0.05, 0) is 17.7 Å². The minimum atomic E-state index is -0.257. The monoisotopic (exact) mass is 257 g/mol. The number of carbonyl (C=O) groups is 1. The molecule has 0 saturated heterocycles. The van der Waals surface area contributed by atoms with Crippen LogP contribution in [0.4, 0.5) is 0 Å². The minimum Gasteiger partial charge on any atom is -0.461 e. The molecule has 0 radical (unpaired) electrons. The number of halogens is 1. The van der Waals surface area contributed by atoms with Gasteiger partial charge in [0.2, 0.25) is 0 Å². The lowest BCUT2D eigenvalue weighted by Gasteiger charge is -2.04. The van der Waals surface area contributed by atoms with Crippen LogP contribution < -0.4 is 5.73 Å². The molecule has 0 bridgehead atoms. The van der Waals surface area contributed by atoms with E-state index in [4.69, 9.17) is 10.5 Å². The molecule has 14 heavy (non-hydrogen) atoms. The van der Waals surface area contributed by atoms with Gasteiger partial charge in [0.1, 0.15) is 6.61 Å². The standard InChI is InChI=1S/C10H12BrNO2/c11-9-3-1-2-8(6-9)7-14-10(13)4-5-12/h1-3,6H,4-5,7,12H2. The van der Waals surface area contributed by atoms with Crippen molar-refractivity contribution in [3.63, 3.8) is 0 Å². The zero-order chi connectivity index (χ0) is 10.4. The first-order valence-corrected chi connectivity index (χ1v) is 5.12. The van der Waals surface area contributed by atoms with E-state index in [1.165, 1.54) is 0 Å². The van der Waals surface area contributed by atoms with Crippen LogP contribution in [0.1, 0.15) is 12.0 Å². The zero-order valence-electron chi connectivity index (χ0n) is 7.70. The molecule has 1 aromatic carbocycles. The maximum atomic E-state index is 11.0. The van der Waals surface area contributed by atoms with E-state index in [2.05, 4.69) is 15.9 Å². The van der Waals surface area contributed by atoms with Crippen molar-refractivity contribution in [1.29, 1.82) is 0 Å². The topological polar surface area (TPSA) is 52.3 Å². The third kappa shape index (κ3) is 3.89. The van der Waals surface area contributed by atoms with Crippen LogP contribution in [0.5, 0.6) is 0 Å². The summed E-state index contributed by atoms with van der Waals surface area (Å²) in [7, 11) is 0. The fraction of sp³-hybridized carbons (Fsp3) is 0.300. The normalized spacial score (nSPS) is 9.86. The molecule has 2 N–H and O–H groups in total. The van der Waals surface area contributed by atoms with Gasteiger partial charge in [0.25, 0.3) is 0 Å². The van der Waals surface area contributed by atoms with Crippen molar-refractivity contribution in [2.45, 2.75) is 13.0 Å². The molecule has 1 rings (SSSR count). The third-order valence-electron chi connectivity index (χ3n) is 1.64. The molecular formula is C10H12BrNO2. The van der Waals surface area contributed by atoms with E-state index in [1.807, 2.05) is 24.3 Å². The highest BCUT2D eigenvalue weighted by molar-refractivity contribution is 9.10. The molecule has 0 amide bonds. The lowest BCUT2D eigenvalue weighted by Crippen LogP contribution is -2.10. The lowest BCUT2D eigenvalue weighted by atomic mass is 10.2. The highest BCUT2D eigenvalue weighted by Gasteiger charge is 2.01. The molecule has 0 aliphatic carbocycles. The average molecular weight is 258 g/mol. The second kappa shape index (κ2) is 5.78. The first kappa shape index (κ1) is 11.2. The predicted molar refractivity (Wildman–Crippen MR) is 57.6 cm³/mol. The molecule has 0 atom stereocenters. The Morgan fingerprint density at radius 1 is 1.50 bits per heavy atom. The second-order valence-electron chi connectivity index (χ2n) is 2.83. The van der Waals surface area contributed by atoms with Crippen molar-refractivity contribution < 1.29 is 9.53 Å². The Morgan fingerprint density at radius 3 is 2.93 bits per heavy atom. The maximum absolute atomic E-state index is 11.0. The zero-order valence-corrected chi connectivity index (χ0v) is 9.29. The minimum absolute atomic E-state index is 0.257. The molecule has 4 heteroatoms. The Morgan fingerprint density at radius 2 is 2.29 bits per heavy atom. The molecule has 0 aromatic heterocycles. The summed E-state index contributed by atoms with van der Waals surface area (Å²) in [5, 5.41) is 0. The number of hydrogen-bond acceptors (Lipinski definition) is 3. The van der Waals surface area contributed by atoms with Crippen LogP contribution in [-0.2, 0) is 16.1 Å². The van der Waals surface area contributed by atoms with E-state index < -0.39 is 0 Å². The summed E-state index contributed by atoms with van der Waals surface area (Å²) < 4.78 is 5.96. The maximum Gasteiger partial charge on any atom is 0.307 e. The van der Waals surface area contributed by atoms with Crippen LogP contribution >= 0.6 is 15.9 Å². The van der Waals surface area contributed by atoms with Crippen LogP contribution in [0.2, 0.25) is 0 Å². The van der Waals surface area contributed by atoms with Crippen LogP contribution in [0.25, 0.3) is 0 Å². The van der Waals surface area contributed by atoms with Crippen LogP contribution in [0.3, 0.4) is 0 Å². The summed E-state index contributed by atoms with van der Waals surface area (Å²) in [5.41, 5.74) is 6.18. The summed E-state index contributed by atoms with van der Waals surface area (Å²) in [6, 6.07) is 7.64. The van der Waals surface area contributed by atoms with Gasteiger partial charge in [0.15, 0.2) is 0 Å². The quantitative estimate of drug-likeness (QED) is 0.838. The Kier molecular flexibility index (Phi) is 4.62. The van der Waals surface area contributed by atoms with Gasteiger partial charge in [-0.3, -0.25) is 4.79 Å². The Labute approximate surface area is 91.4 Å². The van der Waals surface area contributed by atoms with Crippen molar-refractivity contribution in [2.75, 3.05) is 6.54 Å². The molecule has 0 spiro atoms.